The smallest absolute Gasteiger partial charge is 0.242 e. The van der Waals surface area contributed by atoms with E-state index in [9.17, 15) is 4.79 Å². The number of pyridine rings is 1. The van der Waals surface area contributed by atoms with Crippen LogP contribution < -0.4 is 10.6 Å². The molecule has 0 unspecified atom stereocenters. The fourth-order valence-corrected chi connectivity index (χ4v) is 2.77. The van der Waals surface area contributed by atoms with Crippen molar-refractivity contribution in [2.24, 2.45) is 11.8 Å². The van der Waals surface area contributed by atoms with Gasteiger partial charge in [0.05, 0.1) is 6.04 Å². The van der Waals surface area contributed by atoms with Gasteiger partial charge in [-0.15, -0.1) is 0 Å². The quantitative estimate of drug-likeness (QED) is 0.817. The zero-order valence-electron chi connectivity index (χ0n) is 9.53. The van der Waals surface area contributed by atoms with E-state index in [1.165, 1.54) is 6.42 Å². The molecular weight excluding hydrogens is 282 g/mol. The predicted octanol–water partition coefficient (Wildman–Crippen LogP) is 1.70. The summed E-state index contributed by atoms with van der Waals surface area (Å²) in [5, 5.41) is 6.17. The molecule has 3 rings (SSSR count). The number of nitrogens with zero attached hydrogens (tertiary/aromatic N) is 1. The molecule has 2 aliphatic rings. The van der Waals surface area contributed by atoms with E-state index in [0.717, 1.165) is 22.6 Å². The molecule has 0 radical (unpaired) electrons. The van der Waals surface area contributed by atoms with Gasteiger partial charge in [0.15, 0.2) is 0 Å². The summed E-state index contributed by atoms with van der Waals surface area (Å²) in [6.07, 6.45) is 1.19. The fourth-order valence-electron chi connectivity index (χ4n) is 2.46. The number of carbonyl (C=O) groups is 1. The molecule has 1 aromatic heterocycles. The molecule has 2 N–H and O–H groups in total. The lowest BCUT2D eigenvalue weighted by Gasteiger charge is -2.14. The highest BCUT2D eigenvalue weighted by Crippen LogP contribution is 2.45. The van der Waals surface area contributed by atoms with Crippen LogP contribution in [-0.2, 0) is 4.79 Å². The molecule has 4 nitrogen and oxygen atoms in total. The topological polar surface area (TPSA) is 54.0 Å². The maximum Gasteiger partial charge on any atom is 0.242 e. The summed E-state index contributed by atoms with van der Waals surface area (Å²) in [7, 11) is 0. The summed E-state index contributed by atoms with van der Waals surface area (Å²) in [6, 6.07) is 3.78. The van der Waals surface area contributed by atoms with E-state index in [1.54, 1.807) is 0 Å². The van der Waals surface area contributed by atoms with Crippen molar-refractivity contribution in [3.8, 4) is 0 Å². The van der Waals surface area contributed by atoms with Crippen LogP contribution in [0, 0.1) is 18.8 Å². The summed E-state index contributed by atoms with van der Waals surface area (Å²) < 4.78 is 0.738. The molecule has 1 saturated carbocycles. The molecule has 2 heterocycles. The van der Waals surface area contributed by atoms with E-state index in [1.807, 2.05) is 19.1 Å². The standard InChI is InChI=1S/C12H14BrN3O/c1-6-2-3-9(13)15-11(6)16-12(17)10-8-4-7(8)5-14-10/h2-3,7-8,10,14H,4-5H2,1H3,(H,15,16,17)/t7-,8-,10+/m1/s1. The van der Waals surface area contributed by atoms with Gasteiger partial charge in [0.2, 0.25) is 5.91 Å². The Balaban J connectivity index is 1.73. The van der Waals surface area contributed by atoms with Gasteiger partial charge in [0.25, 0.3) is 0 Å². The molecule has 0 spiro atoms. The molecule has 17 heavy (non-hydrogen) atoms. The number of anilines is 1. The van der Waals surface area contributed by atoms with Crippen LogP contribution >= 0.6 is 15.9 Å². The molecule has 1 saturated heterocycles. The molecule has 1 aliphatic carbocycles. The highest BCUT2D eigenvalue weighted by molar-refractivity contribution is 9.10. The average molecular weight is 296 g/mol. The van der Waals surface area contributed by atoms with Gasteiger partial charge in [-0.2, -0.15) is 0 Å². The molecule has 1 aromatic rings. The summed E-state index contributed by atoms with van der Waals surface area (Å²) in [5.74, 6) is 1.96. The van der Waals surface area contributed by atoms with E-state index in [-0.39, 0.29) is 11.9 Å². The summed E-state index contributed by atoms with van der Waals surface area (Å²) >= 11 is 3.31. The van der Waals surface area contributed by atoms with Crippen LogP contribution in [-0.4, -0.2) is 23.5 Å². The number of hydrogen-bond donors (Lipinski definition) is 2. The second kappa shape index (κ2) is 4.07. The van der Waals surface area contributed by atoms with Gasteiger partial charge in [-0.3, -0.25) is 4.79 Å². The number of carbonyl (C=O) groups excluding carboxylic acids is 1. The van der Waals surface area contributed by atoms with Crippen molar-refractivity contribution in [1.29, 1.82) is 0 Å². The van der Waals surface area contributed by atoms with Crippen molar-refractivity contribution in [2.75, 3.05) is 11.9 Å². The van der Waals surface area contributed by atoms with Crippen LogP contribution in [0.4, 0.5) is 5.82 Å². The molecule has 1 amide bonds. The average Bonchev–Trinajstić information content (AvgIpc) is 2.95. The molecule has 0 aromatic carbocycles. The Kier molecular flexibility index (Phi) is 2.67. The largest absolute Gasteiger partial charge is 0.309 e. The molecule has 90 valence electrons. The predicted molar refractivity (Wildman–Crippen MR) is 68.7 cm³/mol. The van der Waals surface area contributed by atoms with Gasteiger partial charge >= 0.3 is 0 Å². The van der Waals surface area contributed by atoms with Crippen LogP contribution in [0.5, 0.6) is 0 Å². The highest BCUT2D eigenvalue weighted by Gasteiger charge is 2.50. The third kappa shape index (κ3) is 2.09. The molecule has 3 atom stereocenters. The number of piperidine rings is 1. The third-order valence-electron chi connectivity index (χ3n) is 3.59. The van der Waals surface area contributed by atoms with E-state index >= 15 is 0 Å². The van der Waals surface area contributed by atoms with Crippen molar-refractivity contribution in [1.82, 2.24) is 10.3 Å². The van der Waals surface area contributed by atoms with E-state index in [4.69, 9.17) is 0 Å². The van der Waals surface area contributed by atoms with Crippen LogP contribution in [0.2, 0.25) is 0 Å². The first-order chi connectivity index (χ1) is 8.15. The Morgan fingerprint density at radius 3 is 3.06 bits per heavy atom. The van der Waals surface area contributed by atoms with Crippen LogP contribution in [0.15, 0.2) is 16.7 Å². The minimum absolute atomic E-state index is 0.0276. The van der Waals surface area contributed by atoms with Gasteiger partial charge < -0.3 is 10.6 Å². The van der Waals surface area contributed by atoms with E-state index < -0.39 is 0 Å². The zero-order chi connectivity index (χ0) is 12.0. The fraction of sp³-hybridized carbons (Fsp3) is 0.500. The lowest BCUT2D eigenvalue weighted by Crippen LogP contribution is -2.39. The second-order valence-corrected chi connectivity index (χ2v) is 5.65. The number of hydrogen-bond acceptors (Lipinski definition) is 3. The zero-order valence-corrected chi connectivity index (χ0v) is 11.1. The molecule has 1 aliphatic heterocycles. The normalized spacial score (nSPS) is 29.9. The number of nitrogens with one attached hydrogen (secondary N) is 2. The number of rotatable bonds is 2. The molecular formula is C12H14BrN3O. The highest BCUT2D eigenvalue weighted by atomic mass is 79.9. The maximum atomic E-state index is 12.1. The number of fused-ring (bicyclic) bond motifs is 1. The van der Waals surface area contributed by atoms with Gasteiger partial charge in [-0.05, 0) is 59.3 Å². The lowest BCUT2D eigenvalue weighted by atomic mass is 10.2. The SMILES string of the molecule is Cc1ccc(Br)nc1NC(=O)[C@H]1NC[C@H]2C[C@H]21. The van der Waals surface area contributed by atoms with Gasteiger partial charge in [-0.1, -0.05) is 6.07 Å². The van der Waals surface area contributed by atoms with Crippen molar-refractivity contribution >= 4 is 27.7 Å². The summed E-state index contributed by atoms with van der Waals surface area (Å²) in [5.41, 5.74) is 0.979. The molecule has 5 heteroatoms. The second-order valence-electron chi connectivity index (χ2n) is 4.83. The Morgan fingerprint density at radius 2 is 2.41 bits per heavy atom. The minimum Gasteiger partial charge on any atom is -0.309 e. The van der Waals surface area contributed by atoms with Gasteiger partial charge in [0.1, 0.15) is 10.4 Å². The van der Waals surface area contributed by atoms with E-state index in [0.29, 0.717) is 11.7 Å². The number of aromatic nitrogens is 1. The molecule has 2 fully saturated rings. The first-order valence-electron chi connectivity index (χ1n) is 5.82. The van der Waals surface area contributed by atoms with Crippen LogP contribution in [0.3, 0.4) is 0 Å². The van der Waals surface area contributed by atoms with Crippen molar-refractivity contribution in [2.45, 2.75) is 19.4 Å². The van der Waals surface area contributed by atoms with E-state index in [2.05, 4.69) is 31.5 Å². The summed E-state index contributed by atoms with van der Waals surface area (Å²) in [6.45, 7) is 2.92. The van der Waals surface area contributed by atoms with Crippen molar-refractivity contribution < 1.29 is 4.79 Å². The number of aryl methyl sites for hydroxylation is 1. The van der Waals surface area contributed by atoms with Crippen molar-refractivity contribution in [3.63, 3.8) is 0 Å². The summed E-state index contributed by atoms with van der Waals surface area (Å²) in [4.78, 5) is 16.4. The van der Waals surface area contributed by atoms with Crippen molar-refractivity contribution in [3.05, 3.63) is 22.3 Å². The van der Waals surface area contributed by atoms with Crippen LogP contribution in [0.1, 0.15) is 12.0 Å². The Morgan fingerprint density at radius 1 is 1.59 bits per heavy atom. The Bertz CT molecular complexity index is 477. The maximum absolute atomic E-state index is 12.1. The third-order valence-corrected chi connectivity index (χ3v) is 4.03. The van der Waals surface area contributed by atoms with Gasteiger partial charge in [0, 0.05) is 0 Å². The molecule has 0 bridgehead atoms. The van der Waals surface area contributed by atoms with Gasteiger partial charge in [-0.25, -0.2) is 4.98 Å². The Hall–Kier alpha value is -0.940. The Labute approximate surface area is 108 Å². The monoisotopic (exact) mass is 295 g/mol. The minimum atomic E-state index is -0.0276. The first-order valence-corrected chi connectivity index (χ1v) is 6.62. The first kappa shape index (κ1) is 11.2. The number of halogens is 1. The van der Waals surface area contributed by atoms with Crippen LogP contribution in [0.25, 0.3) is 0 Å². The lowest BCUT2D eigenvalue weighted by molar-refractivity contribution is -0.118. The number of amides is 1.